The minimum absolute atomic E-state index is 1.09. The molecule has 0 saturated heterocycles. The number of rotatable bonds is 7. The lowest BCUT2D eigenvalue weighted by Crippen LogP contribution is -2.19. The van der Waals surface area contributed by atoms with E-state index in [0.29, 0.717) is 0 Å². The Kier molecular flexibility index (Phi) is 5.88. The second kappa shape index (κ2) is 7.44. The molecule has 0 bridgehead atoms. The van der Waals surface area contributed by atoms with Crippen LogP contribution in [0.25, 0.3) is 0 Å². The van der Waals surface area contributed by atoms with Crippen LogP contribution in [0.2, 0.25) is 0 Å². The lowest BCUT2D eigenvalue weighted by molar-refractivity contribution is 0.199. The SMILES string of the molecule is CCCCC(CC1CCCCC1)CC1CCC1. The minimum atomic E-state index is 1.09. The van der Waals surface area contributed by atoms with Crippen molar-refractivity contribution in [3.63, 3.8) is 0 Å². The summed E-state index contributed by atoms with van der Waals surface area (Å²) in [5, 5.41) is 0. The van der Waals surface area contributed by atoms with E-state index in [1.54, 1.807) is 38.5 Å². The van der Waals surface area contributed by atoms with Crippen LogP contribution in [0.5, 0.6) is 0 Å². The van der Waals surface area contributed by atoms with Crippen LogP contribution in [0.1, 0.15) is 90.4 Å². The van der Waals surface area contributed by atoms with Gasteiger partial charge in [0.1, 0.15) is 0 Å². The Morgan fingerprint density at radius 1 is 0.824 bits per heavy atom. The van der Waals surface area contributed by atoms with E-state index in [-0.39, 0.29) is 0 Å². The topological polar surface area (TPSA) is 0 Å². The first-order valence-electron chi connectivity index (χ1n) is 8.38. The lowest BCUT2D eigenvalue weighted by Gasteiger charge is -2.32. The van der Waals surface area contributed by atoms with Crippen molar-refractivity contribution in [3.8, 4) is 0 Å². The van der Waals surface area contributed by atoms with Gasteiger partial charge >= 0.3 is 0 Å². The molecule has 0 heteroatoms. The number of hydrogen-bond donors (Lipinski definition) is 0. The van der Waals surface area contributed by atoms with Crippen molar-refractivity contribution >= 4 is 0 Å². The monoisotopic (exact) mass is 236 g/mol. The van der Waals surface area contributed by atoms with Gasteiger partial charge < -0.3 is 0 Å². The summed E-state index contributed by atoms with van der Waals surface area (Å²) < 4.78 is 0. The van der Waals surface area contributed by atoms with Crippen molar-refractivity contribution in [1.29, 1.82) is 0 Å². The Morgan fingerprint density at radius 2 is 1.41 bits per heavy atom. The van der Waals surface area contributed by atoms with Gasteiger partial charge in [-0.1, -0.05) is 77.6 Å². The normalized spacial score (nSPS) is 24.5. The first-order chi connectivity index (χ1) is 8.38. The average molecular weight is 236 g/mol. The van der Waals surface area contributed by atoms with Crippen molar-refractivity contribution in [3.05, 3.63) is 0 Å². The second-order valence-corrected chi connectivity index (χ2v) is 6.78. The van der Waals surface area contributed by atoms with E-state index in [2.05, 4.69) is 6.92 Å². The maximum atomic E-state index is 2.35. The molecule has 2 saturated carbocycles. The smallest absolute Gasteiger partial charge is 0.0409 e. The van der Waals surface area contributed by atoms with Crippen LogP contribution in [-0.2, 0) is 0 Å². The first kappa shape index (κ1) is 13.4. The molecule has 2 fully saturated rings. The predicted molar refractivity (Wildman–Crippen MR) is 76.2 cm³/mol. The van der Waals surface area contributed by atoms with Crippen molar-refractivity contribution in [2.45, 2.75) is 90.4 Å². The summed E-state index contributed by atoms with van der Waals surface area (Å²) in [5.74, 6) is 3.31. The summed E-state index contributed by atoms with van der Waals surface area (Å²) in [6, 6.07) is 0. The molecule has 0 aromatic carbocycles. The molecule has 100 valence electrons. The molecule has 0 aromatic rings. The van der Waals surface area contributed by atoms with Crippen LogP contribution in [-0.4, -0.2) is 0 Å². The van der Waals surface area contributed by atoms with E-state index in [4.69, 9.17) is 0 Å². The molecule has 0 N–H and O–H groups in total. The summed E-state index contributed by atoms with van der Waals surface area (Å²) in [6.45, 7) is 2.35. The van der Waals surface area contributed by atoms with Gasteiger partial charge in [-0.15, -0.1) is 0 Å². The fraction of sp³-hybridized carbons (Fsp3) is 1.00. The molecule has 0 radical (unpaired) electrons. The van der Waals surface area contributed by atoms with Crippen molar-refractivity contribution in [2.24, 2.45) is 17.8 Å². The molecular formula is C17H32. The molecular weight excluding hydrogens is 204 g/mol. The zero-order valence-corrected chi connectivity index (χ0v) is 11.9. The summed E-state index contributed by atoms with van der Waals surface area (Å²) in [7, 11) is 0. The van der Waals surface area contributed by atoms with Gasteiger partial charge in [0.05, 0.1) is 0 Å². The summed E-state index contributed by atoms with van der Waals surface area (Å²) in [4.78, 5) is 0. The predicted octanol–water partition coefficient (Wildman–Crippen LogP) is 5.95. The maximum Gasteiger partial charge on any atom is -0.0409 e. The molecule has 0 heterocycles. The van der Waals surface area contributed by atoms with Gasteiger partial charge in [-0.25, -0.2) is 0 Å². The molecule has 0 aromatic heterocycles. The van der Waals surface area contributed by atoms with Crippen molar-refractivity contribution in [1.82, 2.24) is 0 Å². The molecule has 0 spiro atoms. The molecule has 1 atom stereocenters. The molecule has 1 unspecified atom stereocenters. The van der Waals surface area contributed by atoms with E-state index in [1.165, 1.54) is 44.9 Å². The Balaban J connectivity index is 1.71. The first-order valence-corrected chi connectivity index (χ1v) is 8.38. The highest BCUT2D eigenvalue weighted by Crippen LogP contribution is 2.38. The lowest BCUT2D eigenvalue weighted by atomic mass is 9.73. The van der Waals surface area contributed by atoms with Crippen LogP contribution < -0.4 is 0 Å². The molecule has 2 rings (SSSR count). The van der Waals surface area contributed by atoms with Crippen LogP contribution in [0.15, 0.2) is 0 Å². The Hall–Kier alpha value is 0. The van der Waals surface area contributed by atoms with E-state index in [9.17, 15) is 0 Å². The van der Waals surface area contributed by atoms with Gasteiger partial charge in [0.15, 0.2) is 0 Å². The van der Waals surface area contributed by atoms with Gasteiger partial charge in [0, 0.05) is 0 Å². The van der Waals surface area contributed by atoms with E-state index in [0.717, 1.165) is 17.8 Å². The quantitative estimate of drug-likeness (QED) is 0.512. The summed E-state index contributed by atoms with van der Waals surface area (Å²) in [6.07, 6.45) is 19.8. The summed E-state index contributed by atoms with van der Waals surface area (Å²) >= 11 is 0. The molecule has 2 aliphatic carbocycles. The van der Waals surface area contributed by atoms with Gasteiger partial charge in [0.2, 0.25) is 0 Å². The zero-order valence-electron chi connectivity index (χ0n) is 11.9. The fourth-order valence-corrected chi connectivity index (χ4v) is 3.92. The highest BCUT2D eigenvalue weighted by molar-refractivity contribution is 4.77. The van der Waals surface area contributed by atoms with Gasteiger partial charge in [0.25, 0.3) is 0 Å². The molecule has 0 nitrogen and oxygen atoms in total. The third kappa shape index (κ3) is 4.64. The molecule has 0 aliphatic heterocycles. The fourth-order valence-electron chi connectivity index (χ4n) is 3.92. The van der Waals surface area contributed by atoms with E-state index in [1.807, 2.05) is 0 Å². The Bertz CT molecular complexity index is 186. The number of hydrogen-bond acceptors (Lipinski definition) is 0. The van der Waals surface area contributed by atoms with Crippen molar-refractivity contribution in [2.75, 3.05) is 0 Å². The van der Waals surface area contributed by atoms with Crippen LogP contribution in [0.3, 0.4) is 0 Å². The highest BCUT2D eigenvalue weighted by Gasteiger charge is 2.24. The number of unbranched alkanes of at least 4 members (excludes halogenated alkanes) is 1. The molecule has 17 heavy (non-hydrogen) atoms. The molecule has 0 amide bonds. The zero-order chi connectivity index (χ0) is 11.9. The van der Waals surface area contributed by atoms with Crippen molar-refractivity contribution < 1.29 is 0 Å². The van der Waals surface area contributed by atoms with E-state index < -0.39 is 0 Å². The average Bonchev–Trinajstić information content (AvgIpc) is 2.31. The van der Waals surface area contributed by atoms with Gasteiger partial charge in [-0.05, 0) is 30.6 Å². The third-order valence-electron chi connectivity index (χ3n) is 5.25. The summed E-state index contributed by atoms with van der Waals surface area (Å²) in [5.41, 5.74) is 0. The standard InChI is InChI=1S/C17H32/c1-2-3-8-17(14-16-11-7-12-16)13-15-9-5-4-6-10-15/h15-17H,2-14H2,1H3. The maximum absolute atomic E-state index is 2.35. The van der Waals surface area contributed by atoms with Gasteiger partial charge in [-0.2, -0.15) is 0 Å². The third-order valence-corrected chi connectivity index (χ3v) is 5.25. The largest absolute Gasteiger partial charge is 0.0654 e. The van der Waals surface area contributed by atoms with Crippen LogP contribution in [0, 0.1) is 17.8 Å². The molecule has 2 aliphatic rings. The Morgan fingerprint density at radius 3 is 1.88 bits per heavy atom. The second-order valence-electron chi connectivity index (χ2n) is 6.78. The van der Waals surface area contributed by atoms with Crippen LogP contribution >= 0.6 is 0 Å². The van der Waals surface area contributed by atoms with E-state index >= 15 is 0 Å². The minimum Gasteiger partial charge on any atom is -0.0654 e. The van der Waals surface area contributed by atoms with Crippen LogP contribution in [0.4, 0.5) is 0 Å². The Labute approximate surface area is 109 Å². The van der Waals surface area contributed by atoms with Gasteiger partial charge in [-0.3, -0.25) is 0 Å². The highest BCUT2D eigenvalue weighted by atomic mass is 14.3.